The van der Waals surface area contributed by atoms with Crippen LogP contribution in [0.2, 0.25) is 0 Å². The van der Waals surface area contributed by atoms with Gasteiger partial charge in [-0.05, 0) is 0 Å². The number of hydrogen-bond acceptors (Lipinski definition) is 0. The fourth-order valence-electron chi connectivity index (χ4n) is 4.31. The van der Waals surface area contributed by atoms with Crippen molar-refractivity contribution < 1.29 is 24.4 Å². The van der Waals surface area contributed by atoms with E-state index in [2.05, 4.69) is 34.6 Å². The number of allylic oxidation sites excluding steroid dienone is 4. The van der Waals surface area contributed by atoms with Crippen LogP contribution in [0.1, 0.15) is 98.8 Å². The summed E-state index contributed by atoms with van der Waals surface area (Å²) in [5.41, 5.74) is 5.99. The normalized spacial score (nSPS) is 15.7. The van der Waals surface area contributed by atoms with Crippen LogP contribution in [0, 0.1) is 5.41 Å². The first-order valence-electron chi connectivity index (χ1n) is 9.30. The zero-order valence-electron chi connectivity index (χ0n) is 16.3. The Bertz CT molecular complexity index is 394. The first-order valence-corrected chi connectivity index (χ1v) is 11.1. The molecule has 0 spiro atoms. The van der Waals surface area contributed by atoms with E-state index in [1.807, 2.05) is 20.0 Å². The third kappa shape index (κ3) is 6.43. The Balaban J connectivity index is -0.00000147. The fourth-order valence-corrected chi connectivity index (χ4v) is 6.74. The van der Waals surface area contributed by atoms with E-state index in [1.54, 1.807) is 0 Å². The maximum Gasteiger partial charge on any atom is -0.147 e. The van der Waals surface area contributed by atoms with Crippen molar-refractivity contribution in [3.8, 4) is 0 Å². The molecule has 0 nitrogen and oxygen atoms in total. The van der Waals surface area contributed by atoms with Crippen LogP contribution in [0.15, 0.2) is 20.0 Å². The molecule has 24 heavy (non-hydrogen) atoms. The third-order valence-electron chi connectivity index (χ3n) is 4.94. The van der Waals surface area contributed by atoms with E-state index in [-0.39, 0.29) is 37.2 Å². The van der Waals surface area contributed by atoms with Gasteiger partial charge in [0.05, 0.1) is 0 Å². The summed E-state index contributed by atoms with van der Waals surface area (Å²) in [4.78, 5) is 0. The van der Waals surface area contributed by atoms with Gasteiger partial charge in [-0.1, -0.05) is 0 Å². The van der Waals surface area contributed by atoms with Gasteiger partial charge in [-0.2, -0.15) is 0 Å². The van der Waals surface area contributed by atoms with Crippen molar-refractivity contribution in [2.75, 3.05) is 0 Å². The van der Waals surface area contributed by atoms with Crippen molar-refractivity contribution in [2.45, 2.75) is 98.8 Å². The Labute approximate surface area is 184 Å². The largest absolute Gasteiger partial charge is 0.147 e. The molecule has 0 bridgehead atoms. The van der Waals surface area contributed by atoms with Crippen LogP contribution < -0.4 is 0 Å². The summed E-state index contributed by atoms with van der Waals surface area (Å²) in [6.45, 7) is 11.8. The molecule has 0 aromatic heterocycles. The van der Waals surface area contributed by atoms with Gasteiger partial charge in [0.25, 0.3) is 0 Å². The minimum absolute atomic E-state index is 0. The van der Waals surface area contributed by atoms with Crippen LogP contribution in [0.3, 0.4) is 0 Å². The van der Waals surface area contributed by atoms with Crippen molar-refractivity contribution in [3.05, 3.63) is 20.0 Å². The van der Waals surface area contributed by atoms with E-state index in [4.69, 9.17) is 0 Å². The number of hydrogen-bond donors (Lipinski definition) is 0. The van der Waals surface area contributed by atoms with Gasteiger partial charge in [0.15, 0.2) is 0 Å². The predicted molar refractivity (Wildman–Crippen MR) is 113 cm³/mol. The van der Waals surface area contributed by atoms with Crippen LogP contribution in [0.4, 0.5) is 0 Å². The quantitative estimate of drug-likeness (QED) is 0.235. The Kier molecular flexibility index (Phi) is 19.1. The standard InChI is InChI=1S/C20H35.3ClH.Hf/c1-6-11-17-16-20(14-9-4,15-10-5)19(13-8-3)18(17)12-7-2;;;;/h6-15H2,1-5H3;3*1H;. The van der Waals surface area contributed by atoms with Gasteiger partial charge in [-0.15, -0.1) is 37.2 Å². The van der Waals surface area contributed by atoms with Crippen molar-refractivity contribution in [1.82, 2.24) is 0 Å². The number of halogens is 3. The molecule has 0 fully saturated rings. The SMILES string of the molecule is CCCC1=[C]([Hf])C(CCC)(CCC)C(CCC)=C1CCC.Cl.Cl.Cl. The molecule has 0 heterocycles. The van der Waals surface area contributed by atoms with Gasteiger partial charge in [-0.25, -0.2) is 0 Å². The predicted octanol–water partition coefficient (Wildman–Crippen LogP) is 8.35. The molecule has 0 aromatic rings. The summed E-state index contributed by atoms with van der Waals surface area (Å²) in [7, 11) is 0. The average molecular weight is 563 g/mol. The number of rotatable bonds is 10. The van der Waals surface area contributed by atoms with E-state index in [1.165, 1.54) is 88.6 Å². The van der Waals surface area contributed by atoms with Gasteiger partial charge in [0, 0.05) is 0 Å². The van der Waals surface area contributed by atoms with Crippen molar-refractivity contribution in [2.24, 2.45) is 5.41 Å². The maximum atomic E-state index is 2.38. The van der Waals surface area contributed by atoms with E-state index < -0.39 is 0 Å². The van der Waals surface area contributed by atoms with E-state index in [0.29, 0.717) is 5.41 Å². The topological polar surface area (TPSA) is 0 Å². The molecule has 0 radical (unpaired) electrons. The van der Waals surface area contributed by atoms with Crippen molar-refractivity contribution in [1.29, 1.82) is 0 Å². The molecule has 0 N–H and O–H groups in total. The second-order valence-corrected chi connectivity index (χ2v) is 8.44. The first kappa shape index (κ1) is 30.0. The monoisotopic (exact) mass is 563 g/mol. The third-order valence-corrected chi connectivity index (χ3v) is 7.74. The van der Waals surface area contributed by atoms with Gasteiger partial charge >= 0.3 is 149 Å². The van der Waals surface area contributed by atoms with Crippen LogP contribution in [-0.4, -0.2) is 0 Å². The summed E-state index contributed by atoms with van der Waals surface area (Å²) >= 11 is 1.26. The molecule has 0 atom stereocenters. The van der Waals surface area contributed by atoms with Crippen LogP contribution >= 0.6 is 37.2 Å². The molecule has 0 amide bonds. The second kappa shape index (κ2) is 15.3. The van der Waals surface area contributed by atoms with Gasteiger partial charge in [-0.3, -0.25) is 0 Å². The minimum atomic E-state index is 0. The molecule has 1 rings (SSSR count). The molecule has 143 valence electrons. The molecule has 0 saturated heterocycles. The Morgan fingerprint density at radius 3 is 1.42 bits per heavy atom. The Morgan fingerprint density at radius 2 is 1.04 bits per heavy atom. The summed E-state index contributed by atoms with van der Waals surface area (Å²) < 4.78 is 1.89. The van der Waals surface area contributed by atoms with Gasteiger partial charge < -0.3 is 0 Å². The molecule has 0 aliphatic heterocycles. The van der Waals surface area contributed by atoms with Gasteiger partial charge in [0.2, 0.25) is 0 Å². The summed E-state index contributed by atoms with van der Waals surface area (Å²) in [5.74, 6) is 0. The summed E-state index contributed by atoms with van der Waals surface area (Å²) in [5, 5.41) is 0. The molecule has 1 aliphatic rings. The second-order valence-electron chi connectivity index (χ2n) is 6.64. The first-order chi connectivity index (χ1) is 10.1. The van der Waals surface area contributed by atoms with Crippen LogP contribution in [-0.2, 0) is 24.4 Å². The molecule has 4 heteroatoms. The average Bonchev–Trinajstić information content (AvgIpc) is 2.65. The van der Waals surface area contributed by atoms with Crippen LogP contribution in [0.5, 0.6) is 0 Å². The van der Waals surface area contributed by atoms with Crippen molar-refractivity contribution in [3.63, 3.8) is 0 Å². The summed E-state index contributed by atoms with van der Waals surface area (Å²) in [6.07, 6.45) is 13.4. The zero-order chi connectivity index (χ0) is 15.9. The van der Waals surface area contributed by atoms with Crippen LogP contribution in [0.25, 0.3) is 0 Å². The summed E-state index contributed by atoms with van der Waals surface area (Å²) in [6, 6.07) is 0. The molecule has 0 saturated carbocycles. The van der Waals surface area contributed by atoms with Gasteiger partial charge in [0.1, 0.15) is 0 Å². The van der Waals surface area contributed by atoms with Crippen molar-refractivity contribution >= 4 is 37.2 Å². The zero-order valence-corrected chi connectivity index (χ0v) is 22.3. The van der Waals surface area contributed by atoms with E-state index in [9.17, 15) is 0 Å². The maximum absolute atomic E-state index is 2.38. The molecular weight excluding hydrogens is 525 g/mol. The smallest absolute Gasteiger partial charge is 0.147 e. The Morgan fingerprint density at radius 1 is 0.625 bits per heavy atom. The van der Waals surface area contributed by atoms with E-state index in [0.717, 1.165) is 0 Å². The molecular formula is C20H38Cl3Hf. The van der Waals surface area contributed by atoms with E-state index >= 15 is 0 Å². The molecule has 1 aliphatic carbocycles. The minimum Gasteiger partial charge on any atom is -0.147 e. The molecule has 0 aromatic carbocycles. The molecule has 0 unspecified atom stereocenters. The fraction of sp³-hybridized carbons (Fsp3) is 0.800. The Hall–Kier alpha value is 1.22.